The molecule has 21 heavy (non-hydrogen) atoms. The van der Waals surface area contributed by atoms with Crippen LogP contribution in [0, 0.1) is 19.8 Å². The molecule has 0 spiro atoms. The number of H-pyrrole nitrogens is 1. The minimum Gasteiger partial charge on any atom is -0.465 e. The van der Waals surface area contributed by atoms with Gasteiger partial charge in [0.25, 0.3) is 0 Å². The number of ketones is 1. The number of Topliss-reactive ketones (excluding diaryl/α,β-unsaturated/α-hetero) is 1. The van der Waals surface area contributed by atoms with Crippen molar-refractivity contribution in [2.45, 2.75) is 40.7 Å². The van der Waals surface area contributed by atoms with E-state index in [4.69, 9.17) is 9.47 Å². The summed E-state index contributed by atoms with van der Waals surface area (Å²) in [5.41, 5.74) is 1.64. The number of aromatic nitrogens is 1. The van der Waals surface area contributed by atoms with Crippen LogP contribution in [-0.2, 0) is 14.3 Å². The summed E-state index contributed by atoms with van der Waals surface area (Å²) in [6, 6.07) is 0. The lowest BCUT2D eigenvalue weighted by atomic mass is 10.1. The maximum atomic E-state index is 12.3. The number of hydrogen-bond donors (Lipinski definition) is 1. The Labute approximate surface area is 123 Å². The number of aromatic amines is 1. The van der Waals surface area contributed by atoms with Crippen LogP contribution in [0.1, 0.15) is 52.9 Å². The monoisotopic (exact) mass is 295 g/mol. The van der Waals surface area contributed by atoms with Crippen molar-refractivity contribution in [3.05, 3.63) is 22.5 Å². The van der Waals surface area contributed by atoms with Crippen LogP contribution in [-0.4, -0.2) is 35.9 Å². The van der Waals surface area contributed by atoms with Gasteiger partial charge in [-0.25, -0.2) is 4.79 Å². The van der Waals surface area contributed by atoms with E-state index in [9.17, 15) is 14.4 Å². The average Bonchev–Trinajstić information content (AvgIpc) is 2.72. The third-order valence-corrected chi connectivity index (χ3v) is 3.21. The summed E-state index contributed by atoms with van der Waals surface area (Å²) in [5.74, 6) is -1.63. The summed E-state index contributed by atoms with van der Waals surface area (Å²) in [6.45, 7) is 8.23. The van der Waals surface area contributed by atoms with Gasteiger partial charge in [0.1, 0.15) is 0 Å². The molecule has 1 rings (SSSR count). The molecule has 0 aromatic carbocycles. The number of esters is 2. The average molecular weight is 295 g/mol. The van der Waals surface area contributed by atoms with Crippen molar-refractivity contribution in [1.82, 2.24) is 4.98 Å². The zero-order chi connectivity index (χ0) is 16.3. The molecule has 0 radical (unpaired) electrons. The Bertz CT molecular complexity index is 571. The standard InChI is InChI=1S/C15H21NO5/c1-7(2)14(18)21-10(5)13(17)12-8(3)11(9(4)16-12)15(19)20-6/h7,10,16H,1-6H3/t10-/m1/s1. The van der Waals surface area contributed by atoms with Crippen molar-refractivity contribution in [2.24, 2.45) is 5.92 Å². The van der Waals surface area contributed by atoms with Gasteiger partial charge in [-0.15, -0.1) is 0 Å². The number of methoxy groups -OCH3 is 1. The van der Waals surface area contributed by atoms with Gasteiger partial charge in [-0.05, 0) is 26.3 Å². The second kappa shape index (κ2) is 6.56. The summed E-state index contributed by atoms with van der Waals surface area (Å²) < 4.78 is 9.79. The van der Waals surface area contributed by atoms with E-state index in [2.05, 4.69) is 4.98 Å². The summed E-state index contributed by atoms with van der Waals surface area (Å²) in [4.78, 5) is 38.4. The SMILES string of the molecule is COC(=O)c1c(C)[nH]c(C(=O)[C@@H](C)OC(=O)C(C)C)c1C. The predicted molar refractivity (Wildman–Crippen MR) is 76.3 cm³/mol. The largest absolute Gasteiger partial charge is 0.465 e. The second-order valence-electron chi connectivity index (χ2n) is 5.21. The van der Waals surface area contributed by atoms with E-state index in [0.29, 0.717) is 16.8 Å². The molecule has 0 aliphatic heterocycles. The Morgan fingerprint density at radius 2 is 1.67 bits per heavy atom. The summed E-state index contributed by atoms with van der Waals surface area (Å²) in [7, 11) is 1.28. The van der Waals surface area contributed by atoms with E-state index in [1.165, 1.54) is 14.0 Å². The number of aryl methyl sites for hydroxylation is 1. The lowest BCUT2D eigenvalue weighted by Crippen LogP contribution is -2.27. The number of ether oxygens (including phenoxy) is 2. The van der Waals surface area contributed by atoms with E-state index >= 15 is 0 Å². The first-order valence-electron chi connectivity index (χ1n) is 6.72. The highest BCUT2D eigenvalue weighted by Gasteiger charge is 2.27. The lowest BCUT2D eigenvalue weighted by molar-refractivity contribution is -0.150. The van der Waals surface area contributed by atoms with Crippen LogP contribution < -0.4 is 0 Å². The van der Waals surface area contributed by atoms with Crippen molar-refractivity contribution in [3.63, 3.8) is 0 Å². The molecule has 1 heterocycles. The number of rotatable bonds is 5. The van der Waals surface area contributed by atoms with E-state index in [1.54, 1.807) is 27.7 Å². The molecule has 1 atom stereocenters. The number of carbonyl (C=O) groups excluding carboxylic acids is 3. The zero-order valence-corrected chi connectivity index (χ0v) is 13.2. The Kier molecular flexibility index (Phi) is 5.29. The van der Waals surface area contributed by atoms with E-state index in [1.807, 2.05) is 0 Å². The molecular weight excluding hydrogens is 274 g/mol. The van der Waals surface area contributed by atoms with Gasteiger partial charge in [0.05, 0.1) is 24.3 Å². The third-order valence-electron chi connectivity index (χ3n) is 3.21. The molecule has 0 saturated heterocycles. The summed E-state index contributed by atoms with van der Waals surface area (Å²) >= 11 is 0. The van der Waals surface area contributed by atoms with Crippen molar-refractivity contribution in [1.29, 1.82) is 0 Å². The summed E-state index contributed by atoms with van der Waals surface area (Å²) in [5, 5.41) is 0. The van der Waals surface area contributed by atoms with Crippen LogP contribution in [0.5, 0.6) is 0 Å². The first kappa shape index (κ1) is 16.9. The first-order valence-corrected chi connectivity index (χ1v) is 6.72. The zero-order valence-electron chi connectivity index (χ0n) is 13.2. The third kappa shape index (κ3) is 3.51. The Hall–Kier alpha value is -2.11. The number of nitrogens with one attached hydrogen (secondary N) is 1. The normalized spacial score (nSPS) is 12.1. The number of carbonyl (C=O) groups is 3. The molecule has 0 saturated carbocycles. The van der Waals surface area contributed by atoms with Crippen LogP contribution in [0.25, 0.3) is 0 Å². The van der Waals surface area contributed by atoms with Crippen LogP contribution in [0.3, 0.4) is 0 Å². The lowest BCUT2D eigenvalue weighted by Gasteiger charge is -2.13. The quantitative estimate of drug-likeness (QED) is 0.664. The molecule has 1 aromatic rings. The van der Waals surface area contributed by atoms with Crippen molar-refractivity contribution < 1.29 is 23.9 Å². The number of hydrogen-bond acceptors (Lipinski definition) is 5. The second-order valence-corrected chi connectivity index (χ2v) is 5.21. The summed E-state index contributed by atoms with van der Waals surface area (Å²) in [6.07, 6.45) is -0.915. The van der Waals surface area contributed by atoms with E-state index in [-0.39, 0.29) is 17.4 Å². The molecule has 6 nitrogen and oxygen atoms in total. The minimum atomic E-state index is -0.915. The molecule has 116 valence electrons. The smallest absolute Gasteiger partial charge is 0.339 e. The van der Waals surface area contributed by atoms with Gasteiger partial charge < -0.3 is 14.5 Å². The van der Waals surface area contributed by atoms with Crippen LogP contribution >= 0.6 is 0 Å². The predicted octanol–water partition coefficient (Wildman–Crippen LogP) is 2.19. The topological polar surface area (TPSA) is 85.5 Å². The Morgan fingerprint density at radius 1 is 1.10 bits per heavy atom. The fraction of sp³-hybridized carbons (Fsp3) is 0.533. The van der Waals surface area contributed by atoms with Crippen molar-refractivity contribution >= 4 is 17.7 Å². The Balaban J connectivity index is 3.04. The maximum Gasteiger partial charge on any atom is 0.339 e. The van der Waals surface area contributed by atoms with Gasteiger partial charge in [-0.3, -0.25) is 9.59 Å². The highest BCUT2D eigenvalue weighted by molar-refractivity contribution is 6.03. The molecule has 0 fully saturated rings. The molecule has 0 unspecified atom stereocenters. The van der Waals surface area contributed by atoms with Crippen molar-refractivity contribution in [3.8, 4) is 0 Å². The highest BCUT2D eigenvalue weighted by atomic mass is 16.5. The molecule has 0 aliphatic rings. The minimum absolute atomic E-state index is 0.261. The van der Waals surface area contributed by atoms with Gasteiger partial charge in [0.15, 0.2) is 6.10 Å². The van der Waals surface area contributed by atoms with Gasteiger partial charge in [-0.1, -0.05) is 13.8 Å². The fourth-order valence-electron chi connectivity index (χ4n) is 1.97. The molecular formula is C15H21NO5. The fourth-order valence-corrected chi connectivity index (χ4v) is 1.97. The highest BCUT2D eigenvalue weighted by Crippen LogP contribution is 2.21. The van der Waals surface area contributed by atoms with Gasteiger partial charge in [0, 0.05) is 5.69 Å². The molecule has 0 aliphatic carbocycles. The van der Waals surface area contributed by atoms with Gasteiger partial charge >= 0.3 is 11.9 Å². The molecule has 6 heteroatoms. The molecule has 1 aromatic heterocycles. The Morgan fingerprint density at radius 3 is 2.14 bits per heavy atom. The van der Waals surface area contributed by atoms with Crippen molar-refractivity contribution in [2.75, 3.05) is 7.11 Å². The van der Waals surface area contributed by atoms with Gasteiger partial charge in [0.2, 0.25) is 5.78 Å². The van der Waals surface area contributed by atoms with Crippen LogP contribution in [0.15, 0.2) is 0 Å². The molecule has 1 N–H and O–H groups in total. The maximum absolute atomic E-state index is 12.3. The van der Waals surface area contributed by atoms with Crippen LogP contribution in [0.4, 0.5) is 0 Å². The van der Waals surface area contributed by atoms with E-state index in [0.717, 1.165) is 0 Å². The van der Waals surface area contributed by atoms with Crippen LogP contribution in [0.2, 0.25) is 0 Å². The first-order chi connectivity index (χ1) is 9.70. The van der Waals surface area contributed by atoms with Gasteiger partial charge in [-0.2, -0.15) is 0 Å². The van der Waals surface area contributed by atoms with E-state index < -0.39 is 18.0 Å². The molecule has 0 bridgehead atoms. The molecule has 0 amide bonds.